The summed E-state index contributed by atoms with van der Waals surface area (Å²) in [6.07, 6.45) is 7.19. The predicted octanol–water partition coefficient (Wildman–Crippen LogP) is 1.93. The van der Waals surface area contributed by atoms with Crippen LogP contribution in [0, 0.1) is 0 Å². The summed E-state index contributed by atoms with van der Waals surface area (Å²) in [7, 11) is 0. The molecule has 2 fully saturated rings. The van der Waals surface area contributed by atoms with Gasteiger partial charge < -0.3 is 15.0 Å². The number of carbonyl (C=O) groups excluding carboxylic acids is 1. The Labute approximate surface area is 116 Å². The molecule has 3 atom stereocenters. The maximum Gasteiger partial charge on any atom is 0.239 e. The zero-order valence-corrected chi connectivity index (χ0v) is 12.4. The van der Waals surface area contributed by atoms with Gasteiger partial charge in [0.15, 0.2) is 0 Å². The highest BCUT2D eigenvalue weighted by Crippen LogP contribution is 2.15. The fourth-order valence-corrected chi connectivity index (χ4v) is 3.14. The predicted molar refractivity (Wildman–Crippen MR) is 76.1 cm³/mol. The second-order valence-corrected chi connectivity index (χ2v) is 6.03. The Balaban J connectivity index is 1.80. The molecular formula is C15H28N2O2. The molecule has 4 nitrogen and oxygen atoms in total. The SMILES string of the molecule is CC1CC(NC(C)C(=O)N2CCCCCC2)CCO1. The quantitative estimate of drug-likeness (QED) is 0.850. The topological polar surface area (TPSA) is 41.6 Å². The summed E-state index contributed by atoms with van der Waals surface area (Å²) in [5.74, 6) is 0.279. The number of hydrogen-bond donors (Lipinski definition) is 1. The summed E-state index contributed by atoms with van der Waals surface area (Å²) in [5.41, 5.74) is 0. The molecule has 0 spiro atoms. The Morgan fingerprint density at radius 3 is 2.58 bits per heavy atom. The maximum atomic E-state index is 12.4. The Bertz CT molecular complexity index is 288. The normalized spacial score (nSPS) is 30.7. The molecule has 0 aromatic rings. The first-order valence-electron chi connectivity index (χ1n) is 7.83. The van der Waals surface area contributed by atoms with Crippen molar-refractivity contribution in [1.29, 1.82) is 0 Å². The molecule has 4 heteroatoms. The number of nitrogens with zero attached hydrogens (tertiary/aromatic N) is 1. The van der Waals surface area contributed by atoms with Crippen molar-refractivity contribution >= 4 is 5.91 Å². The zero-order chi connectivity index (χ0) is 13.7. The van der Waals surface area contributed by atoms with Crippen molar-refractivity contribution in [2.45, 2.75) is 70.6 Å². The maximum absolute atomic E-state index is 12.4. The molecule has 19 heavy (non-hydrogen) atoms. The number of amides is 1. The number of likely N-dealkylation sites (tertiary alicyclic amines) is 1. The zero-order valence-electron chi connectivity index (χ0n) is 12.4. The van der Waals surface area contributed by atoms with Crippen LogP contribution in [0.2, 0.25) is 0 Å². The molecule has 0 aliphatic carbocycles. The first-order valence-corrected chi connectivity index (χ1v) is 7.83. The van der Waals surface area contributed by atoms with E-state index in [4.69, 9.17) is 4.74 Å². The van der Waals surface area contributed by atoms with Crippen LogP contribution in [0.1, 0.15) is 52.4 Å². The van der Waals surface area contributed by atoms with Crippen LogP contribution in [0.3, 0.4) is 0 Å². The third-order valence-electron chi connectivity index (χ3n) is 4.26. The summed E-state index contributed by atoms with van der Waals surface area (Å²) in [6.45, 7) is 6.80. The lowest BCUT2D eigenvalue weighted by Crippen LogP contribution is -2.50. The van der Waals surface area contributed by atoms with E-state index in [9.17, 15) is 4.79 Å². The van der Waals surface area contributed by atoms with Crippen LogP contribution in [0.4, 0.5) is 0 Å². The number of nitrogens with one attached hydrogen (secondary N) is 1. The lowest BCUT2D eigenvalue weighted by Gasteiger charge is -2.32. The molecule has 2 heterocycles. The number of rotatable bonds is 3. The summed E-state index contributed by atoms with van der Waals surface area (Å²) >= 11 is 0. The van der Waals surface area contributed by atoms with Crippen LogP contribution in [-0.2, 0) is 9.53 Å². The summed E-state index contributed by atoms with van der Waals surface area (Å²) in [6, 6.07) is 0.364. The minimum atomic E-state index is -0.0617. The fourth-order valence-electron chi connectivity index (χ4n) is 3.14. The fraction of sp³-hybridized carbons (Fsp3) is 0.933. The smallest absolute Gasteiger partial charge is 0.239 e. The average molecular weight is 268 g/mol. The number of hydrogen-bond acceptors (Lipinski definition) is 3. The molecule has 1 amide bonds. The van der Waals surface area contributed by atoms with Crippen LogP contribution in [-0.4, -0.2) is 48.7 Å². The summed E-state index contributed by atoms with van der Waals surface area (Å²) in [5, 5.41) is 3.50. The Hall–Kier alpha value is -0.610. The molecule has 2 saturated heterocycles. The van der Waals surface area contributed by atoms with E-state index in [1.807, 2.05) is 11.8 Å². The van der Waals surface area contributed by atoms with Gasteiger partial charge in [0.2, 0.25) is 5.91 Å². The van der Waals surface area contributed by atoms with Crippen LogP contribution in [0.5, 0.6) is 0 Å². The van der Waals surface area contributed by atoms with Crippen molar-refractivity contribution in [3.63, 3.8) is 0 Å². The van der Waals surface area contributed by atoms with Gasteiger partial charge in [0.1, 0.15) is 0 Å². The van der Waals surface area contributed by atoms with E-state index in [2.05, 4.69) is 12.2 Å². The number of carbonyl (C=O) groups is 1. The van der Waals surface area contributed by atoms with Gasteiger partial charge in [-0.25, -0.2) is 0 Å². The van der Waals surface area contributed by atoms with E-state index in [1.165, 1.54) is 12.8 Å². The molecule has 2 aliphatic rings. The Kier molecular flexibility index (Phi) is 5.64. The van der Waals surface area contributed by atoms with Gasteiger partial charge in [-0.2, -0.15) is 0 Å². The standard InChI is InChI=1S/C15H28N2O2/c1-12-11-14(7-10-19-12)16-13(2)15(18)17-8-5-3-4-6-9-17/h12-14,16H,3-11H2,1-2H3. The van der Waals surface area contributed by atoms with E-state index >= 15 is 0 Å². The molecule has 1 N–H and O–H groups in total. The van der Waals surface area contributed by atoms with Crippen molar-refractivity contribution in [2.24, 2.45) is 0 Å². The molecule has 2 rings (SSSR count). The van der Waals surface area contributed by atoms with Gasteiger partial charge in [-0.3, -0.25) is 4.79 Å². The van der Waals surface area contributed by atoms with Crippen LogP contribution < -0.4 is 5.32 Å². The minimum Gasteiger partial charge on any atom is -0.378 e. The van der Waals surface area contributed by atoms with E-state index in [1.54, 1.807) is 0 Å². The lowest BCUT2D eigenvalue weighted by molar-refractivity contribution is -0.133. The molecule has 0 aromatic carbocycles. The molecule has 2 aliphatic heterocycles. The molecule has 0 bridgehead atoms. The third-order valence-corrected chi connectivity index (χ3v) is 4.26. The van der Waals surface area contributed by atoms with Crippen molar-refractivity contribution in [3.05, 3.63) is 0 Å². The van der Waals surface area contributed by atoms with Crippen LogP contribution in [0.15, 0.2) is 0 Å². The van der Waals surface area contributed by atoms with E-state index < -0.39 is 0 Å². The van der Waals surface area contributed by atoms with Gasteiger partial charge in [-0.15, -0.1) is 0 Å². The van der Waals surface area contributed by atoms with Gasteiger partial charge in [0, 0.05) is 25.7 Å². The van der Waals surface area contributed by atoms with Gasteiger partial charge in [0.25, 0.3) is 0 Å². The lowest BCUT2D eigenvalue weighted by atomic mass is 10.0. The van der Waals surface area contributed by atoms with E-state index in [0.29, 0.717) is 12.1 Å². The van der Waals surface area contributed by atoms with Gasteiger partial charge >= 0.3 is 0 Å². The van der Waals surface area contributed by atoms with Gasteiger partial charge in [-0.1, -0.05) is 12.8 Å². The first kappa shape index (κ1) is 14.8. The highest BCUT2D eigenvalue weighted by molar-refractivity contribution is 5.81. The van der Waals surface area contributed by atoms with Crippen molar-refractivity contribution in [1.82, 2.24) is 10.2 Å². The molecule has 0 aromatic heterocycles. The molecule has 110 valence electrons. The minimum absolute atomic E-state index is 0.0617. The first-order chi connectivity index (χ1) is 9.16. The van der Waals surface area contributed by atoms with Crippen molar-refractivity contribution in [2.75, 3.05) is 19.7 Å². The Morgan fingerprint density at radius 1 is 1.26 bits per heavy atom. The molecule has 0 radical (unpaired) electrons. The monoisotopic (exact) mass is 268 g/mol. The third kappa shape index (κ3) is 4.46. The summed E-state index contributed by atoms with van der Waals surface area (Å²) < 4.78 is 5.55. The molecule has 3 unspecified atom stereocenters. The second kappa shape index (κ2) is 7.25. The van der Waals surface area contributed by atoms with Crippen molar-refractivity contribution in [3.8, 4) is 0 Å². The molecule has 0 saturated carbocycles. The Morgan fingerprint density at radius 2 is 1.95 bits per heavy atom. The highest BCUT2D eigenvalue weighted by Gasteiger charge is 2.26. The number of ether oxygens (including phenoxy) is 1. The van der Waals surface area contributed by atoms with E-state index in [0.717, 1.165) is 45.4 Å². The second-order valence-electron chi connectivity index (χ2n) is 6.03. The van der Waals surface area contributed by atoms with Crippen molar-refractivity contribution < 1.29 is 9.53 Å². The van der Waals surface area contributed by atoms with Crippen LogP contribution in [0.25, 0.3) is 0 Å². The van der Waals surface area contributed by atoms with E-state index in [-0.39, 0.29) is 11.9 Å². The highest BCUT2D eigenvalue weighted by atomic mass is 16.5. The molecular weight excluding hydrogens is 240 g/mol. The summed E-state index contributed by atoms with van der Waals surface area (Å²) in [4.78, 5) is 14.5. The largest absolute Gasteiger partial charge is 0.378 e. The van der Waals surface area contributed by atoms with Gasteiger partial charge in [-0.05, 0) is 39.5 Å². The average Bonchev–Trinajstić information content (AvgIpc) is 2.66. The van der Waals surface area contributed by atoms with Crippen LogP contribution >= 0.6 is 0 Å². The van der Waals surface area contributed by atoms with Gasteiger partial charge in [0.05, 0.1) is 12.1 Å².